The standard InChI is InChI=1S/C12H16ClNO4/c1-12(2,17-3)6-7-18-9-4-5-11(14(15)16)10(13)8-9/h4-5,8H,6-7H2,1-3H3. The summed E-state index contributed by atoms with van der Waals surface area (Å²) >= 11 is 5.77. The average molecular weight is 274 g/mol. The van der Waals surface area contributed by atoms with Crippen LogP contribution in [-0.2, 0) is 4.74 Å². The molecule has 0 saturated heterocycles. The van der Waals surface area contributed by atoms with E-state index in [1.165, 1.54) is 18.2 Å². The van der Waals surface area contributed by atoms with Gasteiger partial charge in [0, 0.05) is 25.7 Å². The van der Waals surface area contributed by atoms with E-state index in [2.05, 4.69) is 0 Å². The Morgan fingerprint density at radius 2 is 2.11 bits per heavy atom. The van der Waals surface area contributed by atoms with Crippen molar-refractivity contribution in [3.8, 4) is 5.75 Å². The van der Waals surface area contributed by atoms with E-state index in [-0.39, 0.29) is 16.3 Å². The predicted molar refractivity (Wildman–Crippen MR) is 69.3 cm³/mol. The molecule has 0 unspecified atom stereocenters. The lowest BCUT2D eigenvalue weighted by Crippen LogP contribution is -2.25. The first-order valence-electron chi connectivity index (χ1n) is 5.47. The molecular formula is C12H16ClNO4. The van der Waals surface area contributed by atoms with Crippen LogP contribution in [0.3, 0.4) is 0 Å². The van der Waals surface area contributed by atoms with Crippen molar-refractivity contribution in [3.63, 3.8) is 0 Å². The van der Waals surface area contributed by atoms with E-state index >= 15 is 0 Å². The van der Waals surface area contributed by atoms with Crippen LogP contribution in [0.15, 0.2) is 18.2 Å². The molecule has 0 aliphatic rings. The van der Waals surface area contributed by atoms with Crippen molar-refractivity contribution in [1.29, 1.82) is 0 Å². The van der Waals surface area contributed by atoms with Gasteiger partial charge < -0.3 is 9.47 Å². The summed E-state index contributed by atoms with van der Waals surface area (Å²) in [5, 5.41) is 10.7. The minimum absolute atomic E-state index is 0.0727. The van der Waals surface area contributed by atoms with Crippen molar-refractivity contribution < 1.29 is 14.4 Å². The Balaban J connectivity index is 2.59. The molecule has 1 rings (SSSR count). The summed E-state index contributed by atoms with van der Waals surface area (Å²) in [6, 6.07) is 4.31. The van der Waals surface area contributed by atoms with Crippen LogP contribution < -0.4 is 4.74 Å². The molecule has 0 radical (unpaired) electrons. The van der Waals surface area contributed by atoms with Crippen LogP contribution in [0.1, 0.15) is 20.3 Å². The lowest BCUT2D eigenvalue weighted by molar-refractivity contribution is -0.384. The van der Waals surface area contributed by atoms with Crippen molar-refractivity contribution in [2.75, 3.05) is 13.7 Å². The zero-order valence-electron chi connectivity index (χ0n) is 10.6. The van der Waals surface area contributed by atoms with Gasteiger partial charge in [-0.2, -0.15) is 0 Å². The fourth-order valence-corrected chi connectivity index (χ4v) is 1.48. The van der Waals surface area contributed by atoms with Gasteiger partial charge >= 0.3 is 0 Å². The molecule has 0 saturated carbocycles. The summed E-state index contributed by atoms with van der Waals surface area (Å²) in [4.78, 5) is 10.1. The zero-order chi connectivity index (χ0) is 13.8. The summed E-state index contributed by atoms with van der Waals surface area (Å²) in [7, 11) is 1.64. The van der Waals surface area contributed by atoms with Crippen LogP contribution in [0, 0.1) is 10.1 Å². The fourth-order valence-electron chi connectivity index (χ4n) is 1.24. The van der Waals surface area contributed by atoms with E-state index < -0.39 is 4.92 Å². The van der Waals surface area contributed by atoms with Crippen LogP contribution >= 0.6 is 11.6 Å². The largest absolute Gasteiger partial charge is 0.493 e. The normalized spacial score (nSPS) is 11.3. The summed E-state index contributed by atoms with van der Waals surface area (Å²) in [6.07, 6.45) is 0.706. The van der Waals surface area contributed by atoms with Gasteiger partial charge in [0.25, 0.3) is 5.69 Å². The number of nitro benzene ring substituents is 1. The van der Waals surface area contributed by atoms with Gasteiger partial charge in [0.1, 0.15) is 10.8 Å². The van der Waals surface area contributed by atoms with Crippen LogP contribution in [-0.4, -0.2) is 24.2 Å². The molecule has 0 spiro atoms. The minimum Gasteiger partial charge on any atom is -0.493 e. The van der Waals surface area contributed by atoms with E-state index in [9.17, 15) is 10.1 Å². The highest BCUT2D eigenvalue weighted by Gasteiger charge is 2.17. The van der Waals surface area contributed by atoms with Gasteiger partial charge in [-0.15, -0.1) is 0 Å². The van der Waals surface area contributed by atoms with Gasteiger partial charge in [0.05, 0.1) is 17.1 Å². The topological polar surface area (TPSA) is 61.6 Å². The second-order valence-electron chi connectivity index (χ2n) is 4.43. The van der Waals surface area contributed by atoms with E-state index in [0.717, 1.165) is 0 Å². The maximum Gasteiger partial charge on any atom is 0.288 e. The number of hydrogen-bond acceptors (Lipinski definition) is 4. The molecule has 18 heavy (non-hydrogen) atoms. The Labute approximate surface area is 111 Å². The molecule has 0 aromatic heterocycles. The number of rotatable bonds is 6. The molecule has 0 aliphatic heterocycles. The van der Waals surface area contributed by atoms with Crippen molar-refractivity contribution in [1.82, 2.24) is 0 Å². The van der Waals surface area contributed by atoms with Crippen molar-refractivity contribution in [2.24, 2.45) is 0 Å². The highest BCUT2D eigenvalue weighted by Crippen LogP contribution is 2.28. The molecule has 100 valence electrons. The summed E-state index contributed by atoms with van der Waals surface area (Å²) in [5.41, 5.74) is -0.383. The molecule has 5 nitrogen and oxygen atoms in total. The average Bonchev–Trinajstić information content (AvgIpc) is 2.28. The number of halogens is 1. The van der Waals surface area contributed by atoms with Gasteiger partial charge in [-0.3, -0.25) is 10.1 Å². The molecule has 0 heterocycles. The van der Waals surface area contributed by atoms with Gasteiger partial charge in [-0.25, -0.2) is 0 Å². The minimum atomic E-state index is -0.528. The second kappa shape index (κ2) is 6.02. The summed E-state index contributed by atoms with van der Waals surface area (Å²) in [6.45, 7) is 4.37. The van der Waals surface area contributed by atoms with Gasteiger partial charge in [-0.05, 0) is 19.9 Å². The molecule has 0 aliphatic carbocycles. The Hall–Kier alpha value is -1.33. The number of benzene rings is 1. The third kappa shape index (κ3) is 4.16. The van der Waals surface area contributed by atoms with Crippen molar-refractivity contribution >= 4 is 17.3 Å². The van der Waals surface area contributed by atoms with Crippen LogP contribution in [0.4, 0.5) is 5.69 Å². The van der Waals surface area contributed by atoms with Gasteiger partial charge in [-0.1, -0.05) is 11.6 Å². The molecule has 0 amide bonds. The molecule has 1 aromatic rings. The van der Waals surface area contributed by atoms with E-state index in [1.54, 1.807) is 7.11 Å². The van der Waals surface area contributed by atoms with Crippen LogP contribution in [0.2, 0.25) is 5.02 Å². The van der Waals surface area contributed by atoms with Gasteiger partial charge in [0.15, 0.2) is 0 Å². The van der Waals surface area contributed by atoms with Crippen LogP contribution in [0.5, 0.6) is 5.75 Å². The number of ether oxygens (including phenoxy) is 2. The predicted octanol–water partition coefficient (Wildman–Crippen LogP) is 3.44. The molecule has 0 bridgehead atoms. The van der Waals surface area contributed by atoms with E-state index in [1.807, 2.05) is 13.8 Å². The first-order chi connectivity index (χ1) is 8.35. The number of methoxy groups -OCH3 is 1. The van der Waals surface area contributed by atoms with E-state index in [0.29, 0.717) is 18.8 Å². The molecule has 0 atom stereocenters. The third-order valence-electron chi connectivity index (χ3n) is 2.64. The summed E-state index contributed by atoms with van der Waals surface area (Å²) < 4.78 is 10.7. The first-order valence-corrected chi connectivity index (χ1v) is 5.85. The van der Waals surface area contributed by atoms with E-state index in [4.69, 9.17) is 21.1 Å². The SMILES string of the molecule is COC(C)(C)CCOc1ccc([N+](=O)[O-])c(Cl)c1. The molecule has 0 fully saturated rings. The molecular weight excluding hydrogens is 258 g/mol. The Morgan fingerprint density at radius 3 is 2.61 bits per heavy atom. The smallest absolute Gasteiger partial charge is 0.288 e. The van der Waals surface area contributed by atoms with Crippen molar-refractivity contribution in [3.05, 3.63) is 33.3 Å². The number of hydrogen-bond donors (Lipinski definition) is 0. The fraction of sp³-hybridized carbons (Fsp3) is 0.500. The molecule has 0 N–H and O–H groups in total. The second-order valence-corrected chi connectivity index (χ2v) is 4.84. The quantitative estimate of drug-likeness (QED) is 0.588. The lowest BCUT2D eigenvalue weighted by atomic mass is 10.1. The number of nitrogens with zero attached hydrogens (tertiary/aromatic N) is 1. The first kappa shape index (κ1) is 14.7. The Bertz CT molecular complexity index is 434. The lowest BCUT2D eigenvalue weighted by Gasteiger charge is -2.22. The number of nitro groups is 1. The molecule has 1 aromatic carbocycles. The maximum atomic E-state index is 10.6. The highest BCUT2D eigenvalue weighted by atomic mass is 35.5. The Kier molecular flexibility index (Phi) is 4.93. The Morgan fingerprint density at radius 1 is 1.44 bits per heavy atom. The molecule has 6 heteroatoms. The zero-order valence-corrected chi connectivity index (χ0v) is 11.4. The van der Waals surface area contributed by atoms with Crippen molar-refractivity contribution in [2.45, 2.75) is 25.9 Å². The highest BCUT2D eigenvalue weighted by molar-refractivity contribution is 6.32. The summed E-state index contributed by atoms with van der Waals surface area (Å²) in [5.74, 6) is 0.512. The maximum absolute atomic E-state index is 10.6. The monoisotopic (exact) mass is 273 g/mol. The third-order valence-corrected chi connectivity index (χ3v) is 2.94. The van der Waals surface area contributed by atoms with Gasteiger partial charge in [0.2, 0.25) is 0 Å². The van der Waals surface area contributed by atoms with Crippen LogP contribution in [0.25, 0.3) is 0 Å².